The molecule has 0 aliphatic rings. The first-order chi connectivity index (χ1) is 15.8. The molecular formula is C24H31ClFN3O4S. The van der Waals surface area contributed by atoms with Crippen molar-refractivity contribution in [3.05, 3.63) is 64.4 Å². The Labute approximate surface area is 205 Å². The van der Waals surface area contributed by atoms with Crippen molar-refractivity contribution in [1.82, 2.24) is 10.2 Å². The number of carbonyl (C=O) groups excluding carboxylic acids is 2. The number of benzene rings is 2. The summed E-state index contributed by atoms with van der Waals surface area (Å²) >= 11 is 5.84. The van der Waals surface area contributed by atoms with E-state index in [1.807, 2.05) is 45.0 Å². The molecule has 2 aromatic rings. The molecule has 0 unspecified atom stereocenters. The van der Waals surface area contributed by atoms with Gasteiger partial charge in [0.2, 0.25) is 21.8 Å². The molecule has 0 spiro atoms. The molecule has 2 aromatic carbocycles. The van der Waals surface area contributed by atoms with Gasteiger partial charge >= 0.3 is 0 Å². The van der Waals surface area contributed by atoms with Gasteiger partial charge in [0.25, 0.3) is 0 Å². The molecule has 1 N–H and O–H groups in total. The topological polar surface area (TPSA) is 86.8 Å². The van der Waals surface area contributed by atoms with Gasteiger partial charge in [0, 0.05) is 12.6 Å². The Kier molecular flexibility index (Phi) is 9.46. The van der Waals surface area contributed by atoms with Gasteiger partial charge in [0.05, 0.1) is 17.0 Å². The molecule has 2 amide bonds. The van der Waals surface area contributed by atoms with Crippen molar-refractivity contribution in [3.8, 4) is 0 Å². The van der Waals surface area contributed by atoms with Gasteiger partial charge in [-0.1, -0.05) is 48.4 Å². The monoisotopic (exact) mass is 511 g/mol. The summed E-state index contributed by atoms with van der Waals surface area (Å²) in [5.74, 6) is -1.63. The number of hydrogen-bond donors (Lipinski definition) is 1. The minimum absolute atomic E-state index is 0.0502. The van der Waals surface area contributed by atoms with Gasteiger partial charge in [-0.25, -0.2) is 12.8 Å². The molecule has 0 saturated carbocycles. The Morgan fingerprint density at radius 1 is 1.12 bits per heavy atom. The lowest BCUT2D eigenvalue weighted by atomic mass is 10.1. The van der Waals surface area contributed by atoms with E-state index in [0.29, 0.717) is 0 Å². The number of nitrogens with zero attached hydrogens (tertiary/aromatic N) is 2. The fourth-order valence-electron chi connectivity index (χ4n) is 3.19. The zero-order valence-corrected chi connectivity index (χ0v) is 21.6. The predicted octanol–water partition coefficient (Wildman–Crippen LogP) is 3.89. The zero-order chi connectivity index (χ0) is 25.6. The lowest BCUT2D eigenvalue weighted by molar-refractivity contribution is -0.139. The van der Waals surface area contributed by atoms with Crippen LogP contribution in [0.5, 0.6) is 0 Å². The third-order valence-electron chi connectivity index (χ3n) is 5.51. The van der Waals surface area contributed by atoms with Crippen LogP contribution in [0.25, 0.3) is 0 Å². The summed E-state index contributed by atoms with van der Waals surface area (Å²) in [6.07, 6.45) is 1.67. The Bertz CT molecular complexity index is 1130. The number of halogens is 2. The SMILES string of the molecule is CC[C@@H](C)NC(=O)[C@@H](C)N(Cc1ccc(C)cc1)C(=O)CN(c1ccc(F)c(Cl)c1)S(C)(=O)=O. The van der Waals surface area contributed by atoms with Crippen LogP contribution in [0.3, 0.4) is 0 Å². The van der Waals surface area contributed by atoms with E-state index >= 15 is 0 Å². The number of carbonyl (C=O) groups is 2. The average molecular weight is 512 g/mol. The van der Waals surface area contributed by atoms with Crippen molar-refractivity contribution in [3.63, 3.8) is 0 Å². The van der Waals surface area contributed by atoms with Crippen molar-refractivity contribution in [1.29, 1.82) is 0 Å². The Morgan fingerprint density at radius 3 is 2.26 bits per heavy atom. The maximum Gasteiger partial charge on any atom is 0.244 e. The fraction of sp³-hybridized carbons (Fsp3) is 0.417. The van der Waals surface area contributed by atoms with E-state index in [-0.39, 0.29) is 29.2 Å². The largest absolute Gasteiger partial charge is 0.352 e. The van der Waals surface area contributed by atoms with Crippen molar-refractivity contribution < 1.29 is 22.4 Å². The van der Waals surface area contributed by atoms with Gasteiger partial charge in [0.1, 0.15) is 18.4 Å². The first-order valence-corrected chi connectivity index (χ1v) is 13.1. The molecule has 2 rings (SSSR count). The van der Waals surface area contributed by atoms with Gasteiger partial charge in [-0.05, 0) is 51.0 Å². The fourth-order valence-corrected chi connectivity index (χ4v) is 4.21. The second kappa shape index (κ2) is 11.7. The van der Waals surface area contributed by atoms with Crippen LogP contribution in [0, 0.1) is 12.7 Å². The molecule has 0 fully saturated rings. The summed E-state index contributed by atoms with van der Waals surface area (Å²) < 4.78 is 39.5. The number of nitrogens with one attached hydrogen (secondary N) is 1. The van der Waals surface area contributed by atoms with E-state index in [1.165, 1.54) is 11.0 Å². The maximum atomic E-state index is 13.6. The molecule has 0 aliphatic heterocycles. The highest BCUT2D eigenvalue weighted by atomic mass is 35.5. The van der Waals surface area contributed by atoms with Crippen LogP contribution in [-0.4, -0.2) is 50.0 Å². The highest BCUT2D eigenvalue weighted by molar-refractivity contribution is 7.92. The number of rotatable bonds is 10. The second-order valence-electron chi connectivity index (χ2n) is 8.37. The molecule has 0 aliphatic carbocycles. The molecule has 0 radical (unpaired) electrons. The quantitative estimate of drug-likeness (QED) is 0.524. The number of amides is 2. The number of hydrogen-bond acceptors (Lipinski definition) is 4. The summed E-state index contributed by atoms with van der Waals surface area (Å²) in [5, 5.41) is 2.60. The Balaban J connectivity index is 2.39. The Morgan fingerprint density at radius 2 is 1.74 bits per heavy atom. The van der Waals surface area contributed by atoms with Crippen LogP contribution >= 0.6 is 11.6 Å². The van der Waals surface area contributed by atoms with E-state index in [1.54, 1.807) is 6.92 Å². The molecule has 186 valence electrons. The first-order valence-electron chi connectivity index (χ1n) is 10.9. The normalized spacial score (nSPS) is 13.1. The van der Waals surface area contributed by atoms with Gasteiger partial charge in [-0.2, -0.15) is 0 Å². The van der Waals surface area contributed by atoms with Gasteiger partial charge in [-0.3, -0.25) is 13.9 Å². The van der Waals surface area contributed by atoms with E-state index in [9.17, 15) is 22.4 Å². The van der Waals surface area contributed by atoms with E-state index < -0.39 is 34.3 Å². The standard InChI is InChI=1S/C24H31ClFN3O4S/c1-6-17(3)27-24(31)18(4)28(14-19-9-7-16(2)8-10-19)23(30)15-29(34(5,32)33)20-11-12-22(26)21(25)13-20/h7-13,17-18H,6,14-15H2,1-5H3,(H,27,31)/t17-,18-/m1/s1. The van der Waals surface area contributed by atoms with Crippen LogP contribution in [0.1, 0.15) is 38.3 Å². The van der Waals surface area contributed by atoms with Gasteiger partial charge in [0.15, 0.2) is 0 Å². The van der Waals surface area contributed by atoms with Crippen molar-refractivity contribution in [2.75, 3.05) is 17.1 Å². The van der Waals surface area contributed by atoms with Crippen LogP contribution in [0.2, 0.25) is 5.02 Å². The summed E-state index contributed by atoms with van der Waals surface area (Å²) in [6.45, 7) is 6.86. The molecule has 0 heterocycles. The molecule has 0 saturated heterocycles. The van der Waals surface area contributed by atoms with Crippen molar-refractivity contribution in [2.24, 2.45) is 0 Å². The summed E-state index contributed by atoms with van der Waals surface area (Å²) in [5.41, 5.74) is 1.88. The van der Waals surface area contributed by atoms with E-state index in [2.05, 4.69) is 5.32 Å². The summed E-state index contributed by atoms with van der Waals surface area (Å²) in [7, 11) is -3.92. The summed E-state index contributed by atoms with van der Waals surface area (Å²) in [4.78, 5) is 27.6. The number of anilines is 1. The molecule has 10 heteroatoms. The first kappa shape index (κ1) is 27.6. The molecule has 0 aromatic heterocycles. The van der Waals surface area contributed by atoms with Crippen LogP contribution in [-0.2, 0) is 26.2 Å². The second-order valence-corrected chi connectivity index (χ2v) is 10.7. The number of aryl methyl sites for hydroxylation is 1. The number of sulfonamides is 1. The van der Waals surface area contributed by atoms with Crippen LogP contribution in [0.4, 0.5) is 10.1 Å². The zero-order valence-electron chi connectivity index (χ0n) is 20.0. The molecule has 34 heavy (non-hydrogen) atoms. The van der Waals surface area contributed by atoms with Crippen LogP contribution < -0.4 is 9.62 Å². The highest BCUT2D eigenvalue weighted by Crippen LogP contribution is 2.25. The van der Waals surface area contributed by atoms with E-state index in [0.717, 1.165) is 40.2 Å². The smallest absolute Gasteiger partial charge is 0.244 e. The third kappa shape index (κ3) is 7.43. The Hall–Kier alpha value is -2.65. The van der Waals surface area contributed by atoms with Gasteiger partial charge < -0.3 is 10.2 Å². The predicted molar refractivity (Wildman–Crippen MR) is 133 cm³/mol. The van der Waals surface area contributed by atoms with Crippen LogP contribution in [0.15, 0.2) is 42.5 Å². The lowest BCUT2D eigenvalue weighted by Gasteiger charge is -2.32. The molecule has 2 atom stereocenters. The highest BCUT2D eigenvalue weighted by Gasteiger charge is 2.30. The third-order valence-corrected chi connectivity index (χ3v) is 6.94. The molecule has 0 bridgehead atoms. The minimum atomic E-state index is -3.92. The van der Waals surface area contributed by atoms with Gasteiger partial charge in [-0.15, -0.1) is 0 Å². The van der Waals surface area contributed by atoms with Crippen molar-refractivity contribution >= 4 is 39.1 Å². The minimum Gasteiger partial charge on any atom is -0.352 e. The maximum absolute atomic E-state index is 13.6. The van der Waals surface area contributed by atoms with E-state index in [4.69, 9.17) is 11.6 Å². The molecular weight excluding hydrogens is 481 g/mol. The molecule has 7 nitrogen and oxygen atoms in total. The average Bonchev–Trinajstić information content (AvgIpc) is 2.77. The summed E-state index contributed by atoms with van der Waals surface area (Å²) in [6, 6.07) is 9.96. The lowest BCUT2D eigenvalue weighted by Crippen LogP contribution is -2.52. The van der Waals surface area contributed by atoms with Crippen molar-refractivity contribution in [2.45, 2.75) is 52.7 Å².